The third kappa shape index (κ3) is 6.21. The maximum absolute atomic E-state index is 14.8. The molecule has 1 aromatic heterocycles. The third-order valence-electron chi connectivity index (χ3n) is 7.48. The molecular formula is C33H40N2O6S. The fourth-order valence-electron chi connectivity index (χ4n) is 5.67. The van der Waals surface area contributed by atoms with Crippen molar-refractivity contribution in [2.24, 2.45) is 5.92 Å². The van der Waals surface area contributed by atoms with Crippen LogP contribution in [0.1, 0.15) is 80.5 Å². The van der Waals surface area contributed by atoms with E-state index in [0.717, 1.165) is 11.1 Å². The van der Waals surface area contributed by atoms with Crippen molar-refractivity contribution in [3.05, 3.63) is 81.8 Å². The van der Waals surface area contributed by atoms with Gasteiger partial charge in [0.15, 0.2) is 0 Å². The Balaban J connectivity index is 1.98. The molecule has 224 valence electrons. The Morgan fingerprint density at radius 3 is 2.26 bits per heavy atom. The van der Waals surface area contributed by atoms with E-state index in [4.69, 9.17) is 14.2 Å². The van der Waals surface area contributed by atoms with Gasteiger partial charge in [0.05, 0.1) is 26.2 Å². The lowest BCUT2D eigenvalue weighted by atomic mass is 9.84. The molecule has 8 nitrogen and oxygen atoms in total. The highest BCUT2D eigenvalue weighted by molar-refractivity contribution is 7.09. The number of hydrogen-bond acceptors (Lipinski definition) is 8. The summed E-state index contributed by atoms with van der Waals surface area (Å²) in [5, 5.41) is 2.33. The van der Waals surface area contributed by atoms with Crippen molar-refractivity contribution in [3.8, 4) is 5.75 Å². The van der Waals surface area contributed by atoms with Gasteiger partial charge in [0.2, 0.25) is 0 Å². The Morgan fingerprint density at radius 2 is 1.71 bits per heavy atom. The number of hydrogen-bond donors (Lipinski definition) is 0. The van der Waals surface area contributed by atoms with Gasteiger partial charge in [-0.1, -0.05) is 57.2 Å². The molecule has 4 rings (SSSR count). The van der Waals surface area contributed by atoms with Crippen LogP contribution in [0, 0.1) is 5.92 Å². The molecule has 1 aliphatic rings. The highest BCUT2D eigenvalue weighted by Gasteiger charge is 2.62. The monoisotopic (exact) mass is 592 g/mol. The quantitative estimate of drug-likeness (QED) is 0.304. The smallest absolute Gasteiger partial charge is 0.332 e. The molecule has 2 heterocycles. The molecule has 1 amide bonds. The molecule has 0 bridgehead atoms. The minimum atomic E-state index is -1.53. The fraction of sp³-hybridized carbons (Fsp3) is 0.455. The standard InChI is InChI=1S/C33H40N2O6S/c1-31(2,3)24-15-14-22(18-25(24)39-7)28(36)35-26(27-34-16-17-42-27)23(29(37)40-8)20-33(35,30(38)41-32(4,5)6)19-21-12-10-9-11-13-21/h9-18,23,26H,19-20H2,1-8H3/t23-,26+,33-/m0/s1. The lowest BCUT2D eigenvalue weighted by molar-refractivity contribution is -0.167. The lowest BCUT2D eigenvalue weighted by Gasteiger charge is -2.40. The van der Waals surface area contributed by atoms with Crippen molar-refractivity contribution < 1.29 is 28.6 Å². The van der Waals surface area contributed by atoms with Crippen LogP contribution in [0.25, 0.3) is 0 Å². The lowest BCUT2D eigenvalue weighted by Crippen LogP contribution is -2.57. The first-order chi connectivity index (χ1) is 19.7. The second-order valence-corrected chi connectivity index (χ2v) is 13.6. The van der Waals surface area contributed by atoms with Crippen molar-refractivity contribution in [1.29, 1.82) is 0 Å². The number of aromatic nitrogens is 1. The Bertz CT molecular complexity index is 1420. The third-order valence-corrected chi connectivity index (χ3v) is 8.33. The minimum Gasteiger partial charge on any atom is -0.496 e. The zero-order valence-electron chi connectivity index (χ0n) is 25.6. The molecule has 9 heteroatoms. The molecule has 2 aromatic carbocycles. The van der Waals surface area contributed by atoms with Gasteiger partial charge in [-0.25, -0.2) is 9.78 Å². The normalized spacial score (nSPS) is 20.7. The van der Waals surface area contributed by atoms with Gasteiger partial charge in [-0.15, -0.1) is 11.3 Å². The topological polar surface area (TPSA) is 95.0 Å². The van der Waals surface area contributed by atoms with Crippen LogP contribution in [0.5, 0.6) is 5.75 Å². The maximum atomic E-state index is 14.8. The van der Waals surface area contributed by atoms with Crippen LogP contribution >= 0.6 is 11.3 Å². The van der Waals surface area contributed by atoms with Crippen LogP contribution in [-0.4, -0.2) is 53.1 Å². The number of likely N-dealkylation sites (tertiary alicyclic amines) is 1. The number of carbonyl (C=O) groups is 3. The van der Waals surface area contributed by atoms with Crippen molar-refractivity contribution in [3.63, 3.8) is 0 Å². The molecule has 1 saturated heterocycles. The average molecular weight is 593 g/mol. The SMILES string of the molecule is COC(=O)[C@H]1C[C@@](Cc2ccccc2)(C(=O)OC(C)(C)C)N(C(=O)c2ccc(C(C)(C)C)c(OC)c2)[C@H]1c1nccs1. The average Bonchev–Trinajstić information content (AvgIpc) is 3.58. The first-order valence-corrected chi connectivity index (χ1v) is 14.9. The summed E-state index contributed by atoms with van der Waals surface area (Å²) in [7, 11) is 2.88. The number of thiazole rings is 1. The van der Waals surface area contributed by atoms with Gasteiger partial charge < -0.3 is 19.1 Å². The number of carbonyl (C=O) groups excluding carboxylic acids is 3. The van der Waals surface area contributed by atoms with Gasteiger partial charge in [-0.05, 0) is 55.9 Å². The largest absolute Gasteiger partial charge is 0.496 e. The molecular weight excluding hydrogens is 552 g/mol. The number of amides is 1. The summed E-state index contributed by atoms with van der Waals surface area (Å²) in [6.07, 6.45) is 1.78. The molecule has 1 fully saturated rings. The van der Waals surface area contributed by atoms with Crippen LogP contribution in [0.3, 0.4) is 0 Å². The minimum absolute atomic E-state index is 0.0106. The van der Waals surface area contributed by atoms with Crippen molar-refractivity contribution in [2.45, 2.75) is 77.0 Å². The number of methoxy groups -OCH3 is 2. The van der Waals surface area contributed by atoms with Gasteiger partial charge in [0.25, 0.3) is 5.91 Å². The summed E-state index contributed by atoms with van der Waals surface area (Å²) in [6.45, 7) is 11.6. The number of rotatable bonds is 7. The van der Waals surface area contributed by atoms with E-state index in [2.05, 4.69) is 25.8 Å². The highest BCUT2D eigenvalue weighted by Crippen LogP contribution is 2.51. The summed E-state index contributed by atoms with van der Waals surface area (Å²) in [5.41, 5.74) is -0.509. The first kappa shape index (κ1) is 31.2. The van der Waals surface area contributed by atoms with Crippen LogP contribution in [0.4, 0.5) is 0 Å². The Morgan fingerprint density at radius 1 is 1.02 bits per heavy atom. The molecule has 3 aromatic rings. The number of nitrogens with zero attached hydrogens (tertiary/aromatic N) is 2. The van der Waals surface area contributed by atoms with Gasteiger partial charge in [-0.2, -0.15) is 0 Å². The van der Waals surface area contributed by atoms with Gasteiger partial charge in [0, 0.05) is 23.6 Å². The summed E-state index contributed by atoms with van der Waals surface area (Å²) in [5.74, 6) is -1.82. The van der Waals surface area contributed by atoms with E-state index in [0.29, 0.717) is 16.3 Å². The van der Waals surface area contributed by atoms with Crippen molar-refractivity contribution in [2.75, 3.05) is 14.2 Å². The van der Waals surface area contributed by atoms with Crippen molar-refractivity contribution in [1.82, 2.24) is 9.88 Å². The second-order valence-electron chi connectivity index (χ2n) is 12.7. The zero-order valence-corrected chi connectivity index (χ0v) is 26.4. The molecule has 3 atom stereocenters. The molecule has 0 N–H and O–H groups in total. The van der Waals surface area contributed by atoms with Gasteiger partial charge in [-0.3, -0.25) is 9.59 Å². The zero-order chi connectivity index (χ0) is 30.9. The van der Waals surface area contributed by atoms with Gasteiger partial charge in [0.1, 0.15) is 21.9 Å². The summed E-state index contributed by atoms with van der Waals surface area (Å²) < 4.78 is 17.0. The molecule has 0 saturated carbocycles. The Hall–Kier alpha value is -3.72. The number of benzene rings is 2. The van der Waals surface area contributed by atoms with Gasteiger partial charge >= 0.3 is 11.9 Å². The maximum Gasteiger partial charge on any atom is 0.332 e. The van der Waals surface area contributed by atoms with E-state index in [9.17, 15) is 14.4 Å². The van der Waals surface area contributed by atoms with Crippen LogP contribution in [-0.2, 0) is 30.9 Å². The molecule has 0 radical (unpaired) electrons. The molecule has 42 heavy (non-hydrogen) atoms. The molecule has 0 spiro atoms. The van der Waals surface area contributed by atoms with Crippen LogP contribution in [0.2, 0.25) is 0 Å². The fourth-order valence-corrected chi connectivity index (χ4v) is 6.46. The Labute approximate surface area is 252 Å². The van der Waals surface area contributed by atoms with Crippen LogP contribution in [0.15, 0.2) is 60.1 Å². The predicted molar refractivity (Wildman–Crippen MR) is 162 cm³/mol. The number of ether oxygens (including phenoxy) is 3. The Kier molecular flexibility index (Phi) is 8.83. The van der Waals surface area contributed by atoms with E-state index >= 15 is 0 Å². The van der Waals surface area contributed by atoms with E-state index in [1.54, 1.807) is 51.6 Å². The van der Waals surface area contributed by atoms with E-state index < -0.39 is 40.9 Å². The molecule has 1 aliphatic heterocycles. The molecule has 0 unspecified atom stereocenters. The van der Waals surface area contributed by atoms with E-state index in [1.807, 2.05) is 36.4 Å². The van der Waals surface area contributed by atoms with E-state index in [1.165, 1.54) is 23.3 Å². The van der Waals surface area contributed by atoms with Crippen molar-refractivity contribution >= 4 is 29.2 Å². The highest BCUT2D eigenvalue weighted by atomic mass is 32.1. The second kappa shape index (κ2) is 11.9. The van der Waals surface area contributed by atoms with Crippen LogP contribution < -0.4 is 4.74 Å². The van der Waals surface area contributed by atoms with E-state index in [-0.39, 0.29) is 18.3 Å². The first-order valence-electron chi connectivity index (χ1n) is 14.0. The molecule has 0 aliphatic carbocycles. The predicted octanol–water partition coefficient (Wildman–Crippen LogP) is 6.15. The number of esters is 2. The summed E-state index contributed by atoms with van der Waals surface area (Å²) in [4.78, 5) is 48.6. The summed E-state index contributed by atoms with van der Waals surface area (Å²) >= 11 is 1.32. The summed E-state index contributed by atoms with van der Waals surface area (Å²) in [6, 6.07) is 13.9.